The van der Waals surface area contributed by atoms with Crippen LogP contribution in [-0.2, 0) is 6.54 Å². The standard InChI is InChI=1S/C25H24Cl2N4/c26-22-4-1-16(13-23(22)27)15-30-10-6-18(7-11-30)31-12-8-19(17-2-3-17)21-14-29-25-20(24(21)31)5-9-28-25/h1,4-5,8-9,12-14,18H,2-3,6-7,10-11,15H2,(H,28,29). The van der Waals surface area contributed by atoms with E-state index in [4.69, 9.17) is 23.2 Å². The minimum atomic E-state index is 0.492. The summed E-state index contributed by atoms with van der Waals surface area (Å²) in [4.78, 5) is 13.0. The molecule has 1 saturated carbocycles. The Morgan fingerprint density at radius 2 is 1.90 bits per heavy atom. The van der Waals surface area contributed by atoms with Crippen LogP contribution in [0.3, 0.4) is 0 Å². The lowest BCUT2D eigenvalue weighted by atomic mass is 9.95. The minimum Gasteiger partial charge on any atom is -0.346 e. The number of fused-ring (bicyclic) bond motifs is 3. The molecule has 0 amide bonds. The molecule has 3 aromatic rings. The largest absolute Gasteiger partial charge is 0.346 e. The maximum absolute atomic E-state index is 6.20. The number of anilines is 1. The summed E-state index contributed by atoms with van der Waals surface area (Å²) in [7, 11) is 0. The van der Waals surface area contributed by atoms with E-state index in [0.717, 1.165) is 38.1 Å². The molecular formula is C25H24Cl2N4. The summed E-state index contributed by atoms with van der Waals surface area (Å²) in [5, 5.41) is 2.47. The lowest BCUT2D eigenvalue weighted by Crippen LogP contribution is -2.43. The highest BCUT2D eigenvalue weighted by Crippen LogP contribution is 2.45. The second-order valence-electron chi connectivity index (χ2n) is 8.76. The van der Waals surface area contributed by atoms with Gasteiger partial charge in [-0.25, -0.2) is 4.98 Å². The number of nitrogens with zero attached hydrogens (tertiary/aromatic N) is 3. The zero-order valence-corrected chi connectivity index (χ0v) is 18.8. The first-order valence-electron chi connectivity index (χ1n) is 11.0. The van der Waals surface area contributed by atoms with Crippen LogP contribution in [0.15, 0.2) is 54.5 Å². The maximum Gasteiger partial charge on any atom is 0.139 e. The molecule has 1 saturated heterocycles. The Balaban J connectivity index is 1.24. The quantitative estimate of drug-likeness (QED) is 0.500. The summed E-state index contributed by atoms with van der Waals surface area (Å²) in [6.45, 7) is 3.05. The molecule has 0 unspecified atom stereocenters. The molecule has 158 valence electrons. The molecule has 2 fully saturated rings. The van der Waals surface area contributed by atoms with Gasteiger partial charge in [-0.3, -0.25) is 4.90 Å². The summed E-state index contributed by atoms with van der Waals surface area (Å²) in [5.41, 5.74) is 7.75. The smallest absolute Gasteiger partial charge is 0.139 e. The molecule has 4 nitrogen and oxygen atoms in total. The first-order chi connectivity index (χ1) is 15.2. The predicted molar refractivity (Wildman–Crippen MR) is 129 cm³/mol. The zero-order chi connectivity index (χ0) is 20.9. The van der Waals surface area contributed by atoms with Crippen molar-refractivity contribution in [2.75, 3.05) is 18.0 Å². The van der Waals surface area contributed by atoms with Gasteiger partial charge < -0.3 is 9.88 Å². The normalized spacial score (nSPS) is 19.4. The van der Waals surface area contributed by atoms with Gasteiger partial charge >= 0.3 is 0 Å². The van der Waals surface area contributed by atoms with Gasteiger partial charge in [-0.15, -0.1) is 0 Å². The van der Waals surface area contributed by atoms with Gasteiger partial charge in [0.2, 0.25) is 0 Å². The molecule has 31 heavy (non-hydrogen) atoms. The lowest BCUT2D eigenvalue weighted by molar-refractivity contribution is 0.205. The van der Waals surface area contributed by atoms with E-state index in [-0.39, 0.29) is 0 Å². The van der Waals surface area contributed by atoms with Crippen molar-refractivity contribution in [3.63, 3.8) is 0 Å². The van der Waals surface area contributed by atoms with Crippen molar-refractivity contribution in [3.8, 4) is 0 Å². The number of benzene rings is 1. The number of rotatable bonds is 3. The zero-order valence-electron chi connectivity index (χ0n) is 17.2. The number of hydrogen-bond donors (Lipinski definition) is 1. The first-order valence-corrected chi connectivity index (χ1v) is 11.7. The molecule has 0 atom stereocenters. The highest BCUT2D eigenvalue weighted by molar-refractivity contribution is 6.42. The number of pyridine rings is 1. The number of aromatic amines is 1. The fourth-order valence-corrected chi connectivity index (χ4v) is 5.31. The highest BCUT2D eigenvalue weighted by Gasteiger charge is 2.31. The molecular weight excluding hydrogens is 427 g/mol. The van der Waals surface area contributed by atoms with Crippen LogP contribution < -0.4 is 4.90 Å². The average Bonchev–Trinajstić information content (AvgIpc) is 3.52. The van der Waals surface area contributed by atoms with Crippen molar-refractivity contribution < 1.29 is 0 Å². The number of likely N-dealkylation sites (tertiary alicyclic amines) is 1. The number of H-pyrrole nitrogens is 1. The van der Waals surface area contributed by atoms with Crippen LogP contribution in [0.1, 0.15) is 36.8 Å². The number of nitrogens with one attached hydrogen (secondary N) is 1. The van der Waals surface area contributed by atoms with E-state index < -0.39 is 0 Å². The molecule has 6 rings (SSSR count). The minimum absolute atomic E-state index is 0.492. The molecule has 1 N–H and O–H groups in total. The Kier molecular flexibility index (Phi) is 4.82. The van der Waals surface area contributed by atoms with E-state index >= 15 is 0 Å². The molecule has 3 aliphatic rings. The number of halogens is 2. The summed E-state index contributed by atoms with van der Waals surface area (Å²) < 4.78 is 0. The Morgan fingerprint density at radius 3 is 2.68 bits per heavy atom. The SMILES string of the molecule is Clc1ccc(CN2CCC(N3C=CC(=C4CC4)c4cnc5[nH]ccc5c43)CC2)cc1Cl. The van der Waals surface area contributed by atoms with Gasteiger partial charge in [0.25, 0.3) is 0 Å². The van der Waals surface area contributed by atoms with Crippen molar-refractivity contribution >= 4 is 45.5 Å². The molecule has 0 spiro atoms. The molecule has 2 aliphatic heterocycles. The van der Waals surface area contributed by atoms with Crippen LogP contribution in [0.2, 0.25) is 10.0 Å². The molecule has 6 heteroatoms. The van der Waals surface area contributed by atoms with E-state index in [2.05, 4.69) is 50.4 Å². The number of aromatic nitrogens is 2. The van der Waals surface area contributed by atoms with Crippen LogP contribution in [-0.4, -0.2) is 34.0 Å². The third-order valence-electron chi connectivity index (χ3n) is 6.73. The van der Waals surface area contributed by atoms with Gasteiger partial charge in [0.15, 0.2) is 0 Å². The van der Waals surface area contributed by atoms with Gasteiger partial charge in [-0.1, -0.05) is 34.8 Å². The van der Waals surface area contributed by atoms with Crippen LogP contribution in [0, 0.1) is 0 Å². The van der Waals surface area contributed by atoms with E-state index in [1.165, 1.54) is 40.6 Å². The second kappa shape index (κ2) is 7.70. The molecule has 2 aromatic heterocycles. The Bertz CT molecular complexity index is 1210. The fourth-order valence-electron chi connectivity index (χ4n) is 4.98. The van der Waals surface area contributed by atoms with Crippen molar-refractivity contribution in [2.45, 2.75) is 38.3 Å². The number of hydrogen-bond acceptors (Lipinski definition) is 3. The first kappa shape index (κ1) is 19.4. The fraction of sp³-hybridized carbons (Fsp3) is 0.320. The maximum atomic E-state index is 6.20. The molecule has 1 aliphatic carbocycles. The van der Waals surface area contributed by atoms with Crippen LogP contribution in [0.4, 0.5) is 5.69 Å². The van der Waals surface area contributed by atoms with Gasteiger partial charge in [0, 0.05) is 55.2 Å². The van der Waals surface area contributed by atoms with Crippen LogP contribution in [0.5, 0.6) is 0 Å². The van der Waals surface area contributed by atoms with Crippen LogP contribution in [0.25, 0.3) is 16.6 Å². The summed E-state index contributed by atoms with van der Waals surface area (Å²) in [5.74, 6) is 0. The van der Waals surface area contributed by atoms with E-state index in [1.807, 2.05) is 18.3 Å². The van der Waals surface area contributed by atoms with E-state index in [0.29, 0.717) is 16.1 Å². The summed E-state index contributed by atoms with van der Waals surface area (Å²) >= 11 is 12.3. The number of allylic oxidation sites excluding steroid dienone is 3. The van der Waals surface area contributed by atoms with Crippen molar-refractivity contribution in [3.05, 3.63) is 75.7 Å². The highest BCUT2D eigenvalue weighted by atomic mass is 35.5. The lowest BCUT2D eigenvalue weighted by Gasteiger charge is -2.40. The Morgan fingerprint density at radius 1 is 1.06 bits per heavy atom. The Labute approximate surface area is 192 Å². The Hall–Kier alpha value is -2.27. The summed E-state index contributed by atoms with van der Waals surface area (Å²) in [6, 6.07) is 8.62. The molecule has 0 radical (unpaired) electrons. The van der Waals surface area contributed by atoms with Gasteiger partial charge in [0.05, 0.1) is 15.7 Å². The van der Waals surface area contributed by atoms with E-state index in [9.17, 15) is 0 Å². The number of piperidine rings is 1. The second-order valence-corrected chi connectivity index (χ2v) is 9.57. The predicted octanol–water partition coefficient (Wildman–Crippen LogP) is 6.42. The molecule has 4 heterocycles. The van der Waals surface area contributed by atoms with Crippen molar-refractivity contribution in [2.24, 2.45) is 0 Å². The molecule has 0 bridgehead atoms. The van der Waals surface area contributed by atoms with Gasteiger partial charge in [0.1, 0.15) is 5.65 Å². The van der Waals surface area contributed by atoms with Gasteiger partial charge in [-0.2, -0.15) is 0 Å². The summed E-state index contributed by atoms with van der Waals surface area (Å²) in [6.07, 6.45) is 13.4. The van der Waals surface area contributed by atoms with Crippen molar-refractivity contribution in [1.82, 2.24) is 14.9 Å². The topological polar surface area (TPSA) is 35.2 Å². The van der Waals surface area contributed by atoms with E-state index in [1.54, 1.807) is 5.57 Å². The average molecular weight is 451 g/mol. The molecule has 1 aromatic carbocycles. The van der Waals surface area contributed by atoms with Crippen molar-refractivity contribution in [1.29, 1.82) is 0 Å². The third kappa shape index (κ3) is 3.57. The van der Waals surface area contributed by atoms with Gasteiger partial charge in [-0.05, 0) is 61.1 Å². The third-order valence-corrected chi connectivity index (χ3v) is 7.47. The monoisotopic (exact) mass is 450 g/mol. The van der Waals surface area contributed by atoms with Crippen LogP contribution >= 0.6 is 23.2 Å².